The molecular weight excluding hydrogens is 262 g/mol. The number of ether oxygens (including phenoxy) is 1. The van der Waals surface area contributed by atoms with Crippen molar-refractivity contribution in [3.05, 3.63) is 42.2 Å². The topological polar surface area (TPSA) is 93.5 Å². The standard InChI is InChI=1S/C13H13N3O4/c1-20-9-3-4-10(13(18)19)11(7-9)15-12(17)8-16-6-2-5-14-16/h2-7H,8H2,1H3,(H,15,17)(H,18,19). The van der Waals surface area contributed by atoms with Crippen LogP contribution in [0.25, 0.3) is 0 Å². The molecule has 7 heteroatoms. The van der Waals surface area contributed by atoms with Crippen LogP contribution in [-0.4, -0.2) is 33.9 Å². The van der Waals surface area contributed by atoms with Gasteiger partial charge in [0.25, 0.3) is 0 Å². The third kappa shape index (κ3) is 3.14. The van der Waals surface area contributed by atoms with Crippen molar-refractivity contribution in [1.82, 2.24) is 9.78 Å². The first-order valence-electron chi connectivity index (χ1n) is 5.79. The molecule has 0 radical (unpaired) electrons. The molecule has 0 aliphatic carbocycles. The number of carboxylic acids is 1. The van der Waals surface area contributed by atoms with Crippen molar-refractivity contribution < 1.29 is 19.4 Å². The predicted molar refractivity (Wildman–Crippen MR) is 70.8 cm³/mol. The first-order valence-corrected chi connectivity index (χ1v) is 5.79. The fourth-order valence-corrected chi connectivity index (χ4v) is 1.67. The summed E-state index contributed by atoms with van der Waals surface area (Å²) in [4.78, 5) is 23.0. The second-order valence-corrected chi connectivity index (χ2v) is 3.97. The van der Waals surface area contributed by atoms with E-state index in [4.69, 9.17) is 9.84 Å². The summed E-state index contributed by atoms with van der Waals surface area (Å²) in [7, 11) is 1.46. The number of carbonyl (C=O) groups excluding carboxylic acids is 1. The van der Waals surface area contributed by atoms with Crippen LogP contribution in [0.5, 0.6) is 5.75 Å². The van der Waals surface area contributed by atoms with Crippen LogP contribution in [0.15, 0.2) is 36.7 Å². The van der Waals surface area contributed by atoms with Gasteiger partial charge in [-0.05, 0) is 18.2 Å². The van der Waals surface area contributed by atoms with E-state index in [0.29, 0.717) is 5.75 Å². The number of nitrogens with one attached hydrogen (secondary N) is 1. The number of aromatic carboxylic acids is 1. The van der Waals surface area contributed by atoms with E-state index in [1.807, 2.05) is 0 Å². The maximum absolute atomic E-state index is 11.8. The van der Waals surface area contributed by atoms with Crippen LogP contribution in [0, 0.1) is 0 Å². The minimum atomic E-state index is -1.12. The number of rotatable bonds is 5. The number of aromatic nitrogens is 2. The van der Waals surface area contributed by atoms with Gasteiger partial charge >= 0.3 is 5.97 Å². The Kier molecular flexibility index (Phi) is 3.99. The lowest BCUT2D eigenvalue weighted by Gasteiger charge is -2.10. The maximum Gasteiger partial charge on any atom is 0.337 e. The molecule has 20 heavy (non-hydrogen) atoms. The van der Waals surface area contributed by atoms with E-state index in [1.54, 1.807) is 18.5 Å². The van der Waals surface area contributed by atoms with Crippen LogP contribution in [0.4, 0.5) is 5.69 Å². The highest BCUT2D eigenvalue weighted by atomic mass is 16.5. The van der Waals surface area contributed by atoms with Gasteiger partial charge in [0.05, 0.1) is 18.4 Å². The van der Waals surface area contributed by atoms with Crippen LogP contribution in [-0.2, 0) is 11.3 Å². The number of hydrogen-bond acceptors (Lipinski definition) is 4. The molecule has 1 amide bonds. The SMILES string of the molecule is COc1ccc(C(=O)O)c(NC(=O)Cn2cccn2)c1. The van der Waals surface area contributed by atoms with Crippen molar-refractivity contribution in [3.8, 4) is 5.75 Å². The summed E-state index contributed by atoms with van der Waals surface area (Å²) in [6, 6.07) is 6.06. The summed E-state index contributed by atoms with van der Waals surface area (Å²) < 4.78 is 6.46. The molecule has 0 spiro atoms. The molecule has 0 unspecified atom stereocenters. The van der Waals surface area contributed by atoms with Crippen LogP contribution in [0.1, 0.15) is 10.4 Å². The van der Waals surface area contributed by atoms with Crippen LogP contribution < -0.4 is 10.1 Å². The number of methoxy groups -OCH3 is 1. The number of amides is 1. The minimum absolute atomic E-state index is 0.000356. The number of hydrogen-bond donors (Lipinski definition) is 2. The molecule has 0 atom stereocenters. The van der Waals surface area contributed by atoms with E-state index in [2.05, 4.69) is 10.4 Å². The van der Waals surface area contributed by atoms with Gasteiger partial charge in [0.2, 0.25) is 5.91 Å². The van der Waals surface area contributed by atoms with E-state index in [1.165, 1.54) is 30.0 Å². The van der Waals surface area contributed by atoms with Gasteiger partial charge in [-0.3, -0.25) is 9.48 Å². The molecule has 0 saturated heterocycles. The van der Waals surface area contributed by atoms with Crippen molar-refractivity contribution in [2.24, 2.45) is 0 Å². The molecule has 2 rings (SSSR count). The second kappa shape index (κ2) is 5.87. The Balaban J connectivity index is 2.18. The first kappa shape index (κ1) is 13.6. The molecule has 0 fully saturated rings. The zero-order chi connectivity index (χ0) is 14.5. The zero-order valence-corrected chi connectivity index (χ0v) is 10.7. The molecule has 0 bridgehead atoms. The van der Waals surface area contributed by atoms with E-state index >= 15 is 0 Å². The van der Waals surface area contributed by atoms with Crippen molar-refractivity contribution in [2.75, 3.05) is 12.4 Å². The first-order chi connectivity index (χ1) is 9.60. The summed E-state index contributed by atoms with van der Waals surface area (Å²) in [5.74, 6) is -1.03. The lowest BCUT2D eigenvalue weighted by molar-refractivity contribution is -0.116. The molecule has 2 N–H and O–H groups in total. The number of carbonyl (C=O) groups is 2. The molecule has 1 aromatic carbocycles. The Labute approximate surface area is 114 Å². The van der Waals surface area contributed by atoms with Crippen LogP contribution >= 0.6 is 0 Å². The van der Waals surface area contributed by atoms with Gasteiger partial charge in [0.15, 0.2) is 0 Å². The summed E-state index contributed by atoms with van der Waals surface area (Å²) in [5, 5.41) is 15.5. The van der Waals surface area contributed by atoms with Crippen molar-refractivity contribution in [1.29, 1.82) is 0 Å². The van der Waals surface area contributed by atoms with Gasteiger partial charge in [0.1, 0.15) is 12.3 Å². The number of benzene rings is 1. The number of anilines is 1. The van der Waals surface area contributed by atoms with Gasteiger partial charge in [-0.1, -0.05) is 0 Å². The molecule has 1 heterocycles. The minimum Gasteiger partial charge on any atom is -0.497 e. The third-order valence-corrected chi connectivity index (χ3v) is 2.60. The summed E-state index contributed by atoms with van der Waals surface area (Å²) >= 11 is 0. The van der Waals surface area contributed by atoms with E-state index in [9.17, 15) is 9.59 Å². The van der Waals surface area contributed by atoms with Gasteiger partial charge in [0, 0.05) is 18.5 Å². The van der Waals surface area contributed by atoms with Gasteiger partial charge in [-0.15, -0.1) is 0 Å². The summed E-state index contributed by atoms with van der Waals surface area (Å²) in [6.45, 7) is 0.00324. The Morgan fingerprint density at radius 1 is 1.45 bits per heavy atom. The van der Waals surface area contributed by atoms with Gasteiger partial charge in [-0.25, -0.2) is 4.79 Å². The van der Waals surface area contributed by atoms with Crippen LogP contribution in [0.2, 0.25) is 0 Å². The van der Waals surface area contributed by atoms with Crippen LogP contribution in [0.3, 0.4) is 0 Å². The average Bonchev–Trinajstić information content (AvgIpc) is 2.90. The third-order valence-electron chi connectivity index (χ3n) is 2.60. The molecule has 104 valence electrons. The number of nitrogens with zero attached hydrogens (tertiary/aromatic N) is 2. The lowest BCUT2D eigenvalue weighted by atomic mass is 10.1. The predicted octanol–water partition coefficient (Wildman–Crippen LogP) is 1.23. The maximum atomic E-state index is 11.8. The fraction of sp³-hybridized carbons (Fsp3) is 0.154. The Hall–Kier alpha value is -2.83. The second-order valence-electron chi connectivity index (χ2n) is 3.97. The van der Waals surface area contributed by atoms with E-state index in [-0.39, 0.29) is 23.7 Å². The summed E-state index contributed by atoms with van der Waals surface area (Å²) in [6.07, 6.45) is 3.20. The average molecular weight is 275 g/mol. The zero-order valence-electron chi connectivity index (χ0n) is 10.7. The quantitative estimate of drug-likeness (QED) is 0.856. The molecule has 0 aliphatic rings. The van der Waals surface area contributed by atoms with Crippen molar-refractivity contribution in [3.63, 3.8) is 0 Å². The van der Waals surface area contributed by atoms with Crippen molar-refractivity contribution in [2.45, 2.75) is 6.54 Å². The highest BCUT2D eigenvalue weighted by Crippen LogP contribution is 2.22. The van der Waals surface area contributed by atoms with E-state index in [0.717, 1.165) is 0 Å². The lowest BCUT2D eigenvalue weighted by Crippen LogP contribution is -2.20. The van der Waals surface area contributed by atoms with E-state index < -0.39 is 5.97 Å². The summed E-state index contributed by atoms with van der Waals surface area (Å²) in [5.41, 5.74) is 0.189. The Morgan fingerprint density at radius 2 is 2.25 bits per heavy atom. The normalized spacial score (nSPS) is 10.1. The fourth-order valence-electron chi connectivity index (χ4n) is 1.67. The molecule has 1 aromatic heterocycles. The largest absolute Gasteiger partial charge is 0.497 e. The molecule has 0 aliphatic heterocycles. The molecular formula is C13H13N3O4. The van der Waals surface area contributed by atoms with Gasteiger partial charge < -0.3 is 15.2 Å². The highest BCUT2D eigenvalue weighted by Gasteiger charge is 2.14. The Bertz CT molecular complexity index is 623. The van der Waals surface area contributed by atoms with Gasteiger partial charge in [-0.2, -0.15) is 5.10 Å². The highest BCUT2D eigenvalue weighted by molar-refractivity contribution is 6.00. The Morgan fingerprint density at radius 3 is 2.85 bits per heavy atom. The monoisotopic (exact) mass is 275 g/mol. The molecule has 7 nitrogen and oxygen atoms in total. The smallest absolute Gasteiger partial charge is 0.337 e. The van der Waals surface area contributed by atoms with Crippen molar-refractivity contribution >= 4 is 17.6 Å². The molecule has 0 saturated carbocycles. The molecule has 2 aromatic rings. The number of carboxylic acid groups (broad SMARTS) is 1.